The lowest BCUT2D eigenvalue weighted by Crippen LogP contribution is -2.29. The largest absolute Gasteiger partial charge is 0.336 e. The van der Waals surface area contributed by atoms with Crippen molar-refractivity contribution in [3.05, 3.63) is 26.7 Å². The zero-order valence-corrected chi connectivity index (χ0v) is 10.2. The van der Waals surface area contributed by atoms with Gasteiger partial charge in [-0.15, -0.1) is 0 Å². The Bertz CT molecular complexity index is 648. The molecule has 2 rings (SSSR count). The maximum atomic E-state index is 11.6. The third-order valence-corrected chi connectivity index (χ3v) is 2.60. The summed E-state index contributed by atoms with van der Waals surface area (Å²) in [5.74, 6) is 1.18. The van der Waals surface area contributed by atoms with Gasteiger partial charge in [0, 0.05) is 13.0 Å². The highest BCUT2D eigenvalue weighted by atomic mass is 16.2. The predicted molar refractivity (Wildman–Crippen MR) is 65.2 cm³/mol. The fourth-order valence-corrected chi connectivity index (χ4v) is 1.87. The molecule has 0 radical (unpaired) electrons. The molecule has 6 heteroatoms. The Morgan fingerprint density at radius 1 is 1.29 bits per heavy atom. The van der Waals surface area contributed by atoms with Gasteiger partial charge in [-0.1, -0.05) is 13.8 Å². The van der Waals surface area contributed by atoms with Crippen LogP contribution in [-0.2, 0) is 13.0 Å². The van der Waals surface area contributed by atoms with Crippen LogP contribution in [0.2, 0.25) is 0 Å². The average molecular weight is 236 g/mol. The Morgan fingerprint density at radius 2 is 2.00 bits per heavy atom. The SMILES string of the molecule is CCn1c(=O)[nH]c(=O)c2[nH]c(CC(C)C)nc21. The fourth-order valence-electron chi connectivity index (χ4n) is 1.87. The maximum Gasteiger partial charge on any atom is 0.330 e. The summed E-state index contributed by atoms with van der Waals surface area (Å²) in [6, 6.07) is 0. The lowest BCUT2D eigenvalue weighted by molar-refractivity contribution is 0.626. The zero-order valence-electron chi connectivity index (χ0n) is 10.2. The van der Waals surface area contributed by atoms with Crippen molar-refractivity contribution in [3.63, 3.8) is 0 Å². The van der Waals surface area contributed by atoms with Gasteiger partial charge in [0.05, 0.1) is 0 Å². The number of nitrogens with one attached hydrogen (secondary N) is 2. The van der Waals surface area contributed by atoms with Crippen molar-refractivity contribution in [3.8, 4) is 0 Å². The highest BCUT2D eigenvalue weighted by molar-refractivity contribution is 5.69. The number of hydrogen-bond donors (Lipinski definition) is 2. The van der Waals surface area contributed by atoms with E-state index < -0.39 is 11.2 Å². The fraction of sp³-hybridized carbons (Fsp3) is 0.545. The number of aromatic amines is 2. The van der Waals surface area contributed by atoms with Gasteiger partial charge in [-0.25, -0.2) is 9.78 Å². The van der Waals surface area contributed by atoms with Crippen molar-refractivity contribution in [2.75, 3.05) is 0 Å². The standard InChI is InChI=1S/C11H16N4O2/c1-4-15-9-8(10(16)14-11(15)17)12-7(13-9)5-6(2)3/h6H,4-5H2,1-3H3,(H,12,13)(H,14,16,17). The predicted octanol–water partition coefficient (Wildman–Crippen LogP) is 0.631. The molecule has 0 bridgehead atoms. The summed E-state index contributed by atoms with van der Waals surface area (Å²) in [7, 11) is 0. The summed E-state index contributed by atoms with van der Waals surface area (Å²) in [6.07, 6.45) is 0.756. The van der Waals surface area contributed by atoms with Gasteiger partial charge in [-0.3, -0.25) is 14.3 Å². The van der Waals surface area contributed by atoms with E-state index in [0.29, 0.717) is 23.6 Å². The van der Waals surface area contributed by atoms with Crippen LogP contribution in [0.15, 0.2) is 9.59 Å². The van der Waals surface area contributed by atoms with Crippen molar-refractivity contribution < 1.29 is 0 Å². The Kier molecular flexibility index (Phi) is 2.87. The minimum absolute atomic E-state index is 0.377. The normalized spacial score (nSPS) is 11.5. The van der Waals surface area contributed by atoms with Crippen LogP contribution in [0.4, 0.5) is 0 Å². The zero-order chi connectivity index (χ0) is 12.6. The first-order valence-corrected chi connectivity index (χ1v) is 5.74. The average Bonchev–Trinajstić information content (AvgIpc) is 2.61. The first kappa shape index (κ1) is 11.6. The molecule has 0 aromatic carbocycles. The van der Waals surface area contributed by atoms with E-state index >= 15 is 0 Å². The minimum atomic E-state index is -0.410. The summed E-state index contributed by atoms with van der Waals surface area (Å²) in [4.78, 5) is 32.8. The van der Waals surface area contributed by atoms with Crippen LogP contribution in [0.3, 0.4) is 0 Å². The third-order valence-electron chi connectivity index (χ3n) is 2.60. The highest BCUT2D eigenvalue weighted by Gasteiger charge is 2.12. The Balaban J connectivity index is 2.71. The first-order chi connectivity index (χ1) is 8.02. The van der Waals surface area contributed by atoms with E-state index in [1.807, 2.05) is 6.92 Å². The number of rotatable bonds is 3. The topological polar surface area (TPSA) is 83.5 Å². The van der Waals surface area contributed by atoms with Crippen molar-refractivity contribution >= 4 is 11.2 Å². The molecule has 2 heterocycles. The lowest BCUT2D eigenvalue weighted by Gasteiger charge is -2.00. The van der Waals surface area contributed by atoms with E-state index in [0.717, 1.165) is 12.2 Å². The number of nitrogens with zero attached hydrogens (tertiary/aromatic N) is 2. The van der Waals surface area contributed by atoms with Gasteiger partial charge < -0.3 is 4.98 Å². The van der Waals surface area contributed by atoms with Gasteiger partial charge in [0.15, 0.2) is 5.65 Å². The van der Waals surface area contributed by atoms with Crippen LogP contribution in [0.25, 0.3) is 11.2 Å². The first-order valence-electron chi connectivity index (χ1n) is 5.74. The molecule has 2 aromatic heterocycles. The van der Waals surface area contributed by atoms with E-state index in [4.69, 9.17) is 0 Å². The lowest BCUT2D eigenvalue weighted by atomic mass is 10.1. The molecule has 0 fully saturated rings. The molecule has 0 aliphatic carbocycles. The van der Waals surface area contributed by atoms with Gasteiger partial charge in [-0.05, 0) is 12.8 Å². The quantitative estimate of drug-likeness (QED) is 0.819. The molecular weight excluding hydrogens is 220 g/mol. The van der Waals surface area contributed by atoms with E-state index in [1.165, 1.54) is 4.57 Å². The Hall–Kier alpha value is -1.85. The van der Waals surface area contributed by atoms with E-state index in [9.17, 15) is 9.59 Å². The Morgan fingerprint density at radius 3 is 2.59 bits per heavy atom. The number of imidazole rings is 1. The second-order valence-electron chi connectivity index (χ2n) is 4.48. The number of hydrogen-bond acceptors (Lipinski definition) is 3. The van der Waals surface area contributed by atoms with E-state index in [2.05, 4.69) is 28.8 Å². The van der Waals surface area contributed by atoms with Crippen LogP contribution in [-0.4, -0.2) is 19.5 Å². The summed E-state index contributed by atoms with van der Waals surface area (Å²) < 4.78 is 1.46. The van der Waals surface area contributed by atoms with Gasteiger partial charge in [0.25, 0.3) is 5.56 Å². The van der Waals surface area contributed by atoms with Gasteiger partial charge >= 0.3 is 5.69 Å². The van der Waals surface area contributed by atoms with E-state index in [1.54, 1.807) is 0 Å². The van der Waals surface area contributed by atoms with Crippen molar-refractivity contribution in [2.45, 2.75) is 33.7 Å². The molecule has 0 aliphatic rings. The highest BCUT2D eigenvalue weighted by Crippen LogP contribution is 2.08. The van der Waals surface area contributed by atoms with E-state index in [-0.39, 0.29) is 0 Å². The number of fused-ring (bicyclic) bond motifs is 1. The summed E-state index contributed by atoms with van der Waals surface area (Å²) in [5, 5.41) is 0. The molecule has 2 aromatic rings. The molecule has 0 saturated heterocycles. The molecule has 0 saturated carbocycles. The molecule has 0 atom stereocenters. The molecule has 6 nitrogen and oxygen atoms in total. The summed E-state index contributed by atoms with van der Waals surface area (Å²) in [5.41, 5.74) is 0.00352. The monoisotopic (exact) mass is 236 g/mol. The van der Waals surface area contributed by atoms with Crippen molar-refractivity contribution in [1.29, 1.82) is 0 Å². The van der Waals surface area contributed by atoms with Crippen molar-refractivity contribution in [2.24, 2.45) is 5.92 Å². The van der Waals surface area contributed by atoms with Crippen LogP contribution in [0, 0.1) is 5.92 Å². The molecule has 0 unspecified atom stereocenters. The van der Waals surface area contributed by atoms with Crippen LogP contribution in [0.5, 0.6) is 0 Å². The third kappa shape index (κ3) is 2.02. The van der Waals surface area contributed by atoms with Crippen LogP contribution in [0.1, 0.15) is 26.6 Å². The maximum absolute atomic E-state index is 11.6. The second-order valence-corrected chi connectivity index (χ2v) is 4.48. The smallest absolute Gasteiger partial charge is 0.330 e. The molecule has 0 aliphatic heterocycles. The van der Waals surface area contributed by atoms with Crippen LogP contribution >= 0.6 is 0 Å². The second kappa shape index (κ2) is 4.20. The summed E-state index contributed by atoms with van der Waals surface area (Å²) in [6.45, 7) is 6.47. The molecular formula is C11H16N4O2. The molecule has 2 N–H and O–H groups in total. The number of H-pyrrole nitrogens is 2. The molecule has 92 valence electrons. The number of aryl methyl sites for hydroxylation is 1. The Labute approximate surface area is 97.7 Å². The van der Waals surface area contributed by atoms with Crippen molar-refractivity contribution in [1.82, 2.24) is 19.5 Å². The van der Waals surface area contributed by atoms with Gasteiger partial charge in [0.2, 0.25) is 0 Å². The molecule has 0 amide bonds. The minimum Gasteiger partial charge on any atom is -0.336 e. The number of aromatic nitrogens is 4. The van der Waals surface area contributed by atoms with Gasteiger partial charge in [0.1, 0.15) is 11.3 Å². The molecule has 17 heavy (non-hydrogen) atoms. The van der Waals surface area contributed by atoms with Crippen LogP contribution < -0.4 is 11.2 Å². The molecule has 0 spiro atoms. The summed E-state index contributed by atoms with van der Waals surface area (Å²) >= 11 is 0. The van der Waals surface area contributed by atoms with Gasteiger partial charge in [-0.2, -0.15) is 0 Å².